The molecule has 2 aliphatic heterocycles. The molecule has 0 radical (unpaired) electrons. The molecule has 19 heavy (non-hydrogen) atoms. The number of hydrogen-bond acceptors (Lipinski definition) is 3. The molecule has 2 atom stereocenters. The molecule has 0 aromatic heterocycles. The fourth-order valence-corrected chi connectivity index (χ4v) is 3.99. The van der Waals surface area contributed by atoms with Gasteiger partial charge in [0.25, 0.3) is 0 Å². The molecule has 2 unspecified atom stereocenters. The van der Waals surface area contributed by atoms with Gasteiger partial charge in [0.05, 0.1) is 11.2 Å². The molecule has 110 valence electrons. The van der Waals surface area contributed by atoms with Crippen molar-refractivity contribution in [1.82, 2.24) is 5.32 Å². The molecule has 2 aliphatic rings. The van der Waals surface area contributed by atoms with E-state index < -0.39 is 0 Å². The quantitative estimate of drug-likeness (QED) is 0.854. The largest absolute Gasteiger partial charge is 0.369 e. The molecule has 0 saturated carbocycles. The van der Waals surface area contributed by atoms with Gasteiger partial charge in [-0.1, -0.05) is 6.92 Å². The van der Waals surface area contributed by atoms with Gasteiger partial charge in [0, 0.05) is 17.9 Å². The Balaban J connectivity index is 2.23. The summed E-state index contributed by atoms with van der Waals surface area (Å²) in [6, 6.07) is 0. The van der Waals surface area contributed by atoms with Crippen LogP contribution in [-0.4, -0.2) is 30.1 Å². The van der Waals surface area contributed by atoms with Crippen LogP contribution in [0.5, 0.6) is 0 Å². The van der Waals surface area contributed by atoms with E-state index in [4.69, 9.17) is 4.74 Å². The highest BCUT2D eigenvalue weighted by Crippen LogP contribution is 2.47. The molecule has 0 amide bonds. The second kappa shape index (κ2) is 4.85. The van der Waals surface area contributed by atoms with Gasteiger partial charge in [-0.3, -0.25) is 4.79 Å². The molecule has 2 rings (SSSR count). The summed E-state index contributed by atoms with van der Waals surface area (Å²) in [6.45, 7) is 12.4. The molecule has 2 heterocycles. The molecule has 3 nitrogen and oxygen atoms in total. The Bertz CT molecular complexity index is 354. The van der Waals surface area contributed by atoms with Gasteiger partial charge in [0.1, 0.15) is 5.78 Å². The highest BCUT2D eigenvalue weighted by Gasteiger charge is 2.53. The van der Waals surface area contributed by atoms with Crippen molar-refractivity contribution in [3.8, 4) is 0 Å². The van der Waals surface area contributed by atoms with Crippen molar-refractivity contribution in [2.45, 2.75) is 71.5 Å². The van der Waals surface area contributed by atoms with E-state index in [1.54, 1.807) is 0 Å². The molecule has 0 aromatic rings. The number of nitrogens with one attached hydrogen (secondary N) is 1. The zero-order valence-electron chi connectivity index (χ0n) is 13.1. The van der Waals surface area contributed by atoms with Gasteiger partial charge in [-0.05, 0) is 59.9 Å². The van der Waals surface area contributed by atoms with Gasteiger partial charge in [0.15, 0.2) is 0 Å². The third-order valence-electron chi connectivity index (χ3n) is 5.06. The lowest BCUT2D eigenvalue weighted by molar-refractivity contribution is -0.140. The van der Waals surface area contributed by atoms with E-state index >= 15 is 0 Å². The third-order valence-corrected chi connectivity index (χ3v) is 5.06. The van der Waals surface area contributed by atoms with E-state index in [2.05, 4.69) is 39.9 Å². The van der Waals surface area contributed by atoms with E-state index in [-0.39, 0.29) is 22.5 Å². The SMILES string of the molecule is CCC1(C(=O)C2CC(C)(C)OC2(C)C)CCCNC1. The lowest BCUT2D eigenvalue weighted by Gasteiger charge is -2.39. The summed E-state index contributed by atoms with van der Waals surface area (Å²) in [6.07, 6.45) is 3.92. The Kier molecular flexibility index (Phi) is 3.83. The van der Waals surface area contributed by atoms with Gasteiger partial charge in [-0.15, -0.1) is 0 Å². The van der Waals surface area contributed by atoms with Crippen molar-refractivity contribution >= 4 is 5.78 Å². The highest BCUT2D eigenvalue weighted by atomic mass is 16.5. The topological polar surface area (TPSA) is 38.3 Å². The number of rotatable bonds is 3. The maximum Gasteiger partial charge on any atom is 0.146 e. The summed E-state index contributed by atoms with van der Waals surface area (Å²) in [5.41, 5.74) is -0.676. The van der Waals surface area contributed by atoms with Gasteiger partial charge < -0.3 is 10.1 Å². The summed E-state index contributed by atoms with van der Waals surface area (Å²) in [5, 5.41) is 3.42. The molecule has 0 spiro atoms. The Morgan fingerprint density at radius 1 is 1.32 bits per heavy atom. The number of ketones is 1. The van der Waals surface area contributed by atoms with Crippen LogP contribution in [0.1, 0.15) is 60.3 Å². The van der Waals surface area contributed by atoms with Gasteiger partial charge in [-0.2, -0.15) is 0 Å². The van der Waals surface area contributed by atoms with E-state index in [9.17, 15) is 4.79 Å². The summed E-state index contributed by atoms with van der Waals surface area (Å²) in [7, 11) is 0. The van der Waals surface area contributed by atoms with Crippen LogP contribution in [0.15, 0.2) is 0 Å². The van der Waals surface area contributed by atoms with Crippen LogP contribution < -0.4 is 5.32 Å². The molecular formula is C16H29NO2. The minimum absolute atomic E-state index is 0.0300. The van der Waals surface area contributed by atoms with Crippen LogP contribution in [0.4, 0.5) is 0 Å². The lowest BCUT2D eigenvalue weighted by Crippen LogP contribution is -2.50. The van der Waals surface area contributed by atoms with Crippen molar-refractivity contribution in [2.24, 2.45) is 11.3 Å². The molecule has 3 heteroatoms. The first-order chi connectivity index (χ1) is 8.72. The number of Topliss-reactive ketones (excluding diaryl/α,β-unsaturated/α-hetero) is 1. The maximum atomic E-state index is 13.1. The molecular weight excluding hydrogens is 238 g/mol. The number of carbonyl (C=O) groups is 1. The summed E-state index contributed by atoms with van der Waals surface area (Å²) >= 11 is 0. The number of piperidine rings is 1. The first-order valence-electron chi connectivity index (χ1n) is 7.68. The van der Waals surface area contributed by atoms with Crippen molar-refractivity contribution in [1.29, 1.82) is 0 Å². The predicted octanol–water partition coefficient (Wildman–Crippen LogP) is 2.93. The minimum Gasteiger partial charge on any atom is -0.369 e. The van der Waals surface area contributed by atoms with Gasteiger partial charge in [0.2, 0.25) is 0 Å². The van der Waals surface area contributed by atoms with Gasteiger partial charge in [-0.25, -0.2) is 0 Å². The summed E-state index contributed by atoms with van der Waals surface area (Å²) in [4.78, 5) is 13.1. The lowest BCUT2D eigenvalue weighted by atomic mass is 9.67. The normalized spacial score (nSPS) is 37.2. The Morgan fingerprint density at radius 2 is 2.00 bits per heavy atom. The second-order valence-corrected chi connectivity index (χ2v) is 7.50. The van der Waals surface area contributed by atoms with Crippen molar-refractivity contribution in [3.63, 3.8) is 0 Å². The van der Waals surface area contributed by atoms with Crippen LogP contribution in [0, 0.1) is 11.3 Å². The predicted molar refractivity (Wildman–Crippen MR) is 77.2 cm³/mol. The average molecular weight is 267 g/mol. The average Bonchev–Trinajstić information content (AvgIpc) is 2.57. The Morgan fingerprint density at radius 3 is 2.42 bits per heavy atom. The smallest absolute Gasteiger partial charge is 0.146 e. The zero-order valence-corrected chi connectivity index (χ0v) is 13.1. The summed E-state index contributed by atoms with van der Waals surface area (Å²) in [5.74, 6) is 0.458. The van der Waals surface area contributed by atoms with Crippen LogP contribution >= 0.6 is 0 Å². The first-order valence-corrected chi connectivity index (χ1v) is 7.68. The molecule has 0 aromatic carbocycles. The summed E-state index contributed by atoms with van der Waals surface area (Å²) < 4.78 is 6.11. The number of ether oxygens (including phenoxy) is 1. The van der Waals surface area contributed by atoms with E-state index in [1.807, 2.05) is 0 Å². The first kappa shape index (κ1) is 15.0. The van der Waals surface area contributed by atoms with Crippen LogP contribution in [0.2, 0.25) is 0 Å². The third kappa shape index (κ3) is 2.73. The Labute approximate surface area is 117 Å². The van der Waals surface area contributed by atoms with Crippen LogP contribution in [0.25, 0.3) is 0 Å². The van der Waals surface area contributed by atoms with Crippen molar-refractivity contribution < 1.29 is 9.53 Å². The molecule has 0 bridgehead atoms. The molecule has 1 N–H and O–H groups in total. The maximum absolute atomic E-state index is 13.1. The second-order valence-electron chi connectivity index (χ2n) is 7.50. The fourth-order valence-electron chi connectivity index (χ4n) is 3.99. The Hall–Kier alpha value is -0.410. The highest BCUT2D eigenvalue weighted by molar-refractivity contribution is 5.88. The van der Waals surface area contributed by atoms with Crippen LogP contribution in [-0.2, 0) is 9.53 Å². The number of carbonyl (C=O) groups excluding carboxylic acids is 1. The van der Waals surface area contributed by atoms with Crippen molar-refractivity contribution in [2.75, 3.05) is 13.1 Å². The monoisotopic (exact) mass is 267 g/mol. The van der Waals surface area contributed by atoms with E-state index in [0.717, 1.165) is 38.8 Å². The van der Waals surface area contributed by atoms with Crippen molar-refractivity contribution in [3.05, 3.63) is 0 Å². The van der Waals surface area contributed by atoms with Gasteiger partial charge >= 0.3 is 0 Å². The van der Waals surface area contributed by atoms with E-state index in [0.29, 0.717) is 5.78 Å². The van der Waals surface area contributed by atoms with E-state index in [1.165, 1.54) is 0 Å². The van der Waals surface area contributed by atoms with Crippen LogP contribution in [0.3, 0.4) is 0 Å². The minimum atomic E-state index is -0.333. The number of hydrogen-bond donors (Lipinski definition) is 1. The molecule has 0 aliphatic carbocycles. The zero-order chi connectivity index (χ0) is 14.3. The fraction of sp³-hybridized carbons (Fsp3) is 0.938. The standard InChI is InChI=1S/C16H29NO2/c1-6-16(8-7-9-17-11-16)13(18)12-10-14(2,3)19-15(12,4)5/h12,17H,6-11H2,1-5H3. The molecule has 2 saturated heterocycles. The molecule has 2 fully saturated rings.